The molecule has 1 aromatic rings. The Labute approximate surface area is 144 Å². The van der Waals surface area contributed by atoms with Crippen molar-refractivity contribution in [2.24, 2.45) is 0 Å². The van der Waals surface area contributed by atoms with Crippen molar-refractivity contribution in [3.05, 3.63) is 11.4 Å². The second-order valence-electron chi connectivity index (χ2n) is 5.60. The Bertz CT molecular complexity index is 333. The van der Waals surface area contributed by atoms with Crippen LogP contribution in [0.4, 0.5) is 0 Å². The van der Waals surface area contributed by atoms with Gasteiger partial charge in [-0.25, -0.2) is 0 Å². The van der Waals surface area contributed by atoms with Crippen molar-refractivity contribution in [3.8, 4) is 0 Å². The van der Waals surface area contributed by atoms with E-state index >= 15 is 0 Å². The van der Waals surface area contributed by atoms with Gasteiger partial charge in [0.2, 0.25) is 0 Å². The van der Waals surface area contributed by atoms with E-state index in [0.29, 0.717) is 0 Å². The first-order chi connectivity index (χ1) is 10.4. The molecule has 0 aromatic carbocycles. The SMILES string of the molecule is CCCCCCCCSc1sccc1SCCCCCC. The second-order valence-corrected chi connectivity index (χ2v) is 9.01. The first kappa shape index (κ1) is 19.4. The van der Waals surface area contributed by atoms with E-state index in [0.717, 1.165) is 0 Å². The van der Waals surface area contributed by atoms with Gasteiger partial charge in [0, 0.05) is 4.90 Å². The Morgan fingerprint density at radius 3 is 2.05 bits per heavy atom. The Morgan fingerprint density at radius 1 is 0.762 bits per heavy atom. The van der Waals surface area contributed by atoms with Gasteiger partial charge in [-0.2, -0.15) is 0 Å². The van der Waals surface area contributed by atoms with Crippen LogP contribution >= 0.6 is 34.9 Å². The molecule has 0 aliphatic rings. The molecule has 0 amide bonds. The zero-order valence-electron chi connectivity index (χ0n) is 13.9. The Morgan fingerprint density at radius 2 is 1.33 bits per heavy atom. The molecular formula is C18H32S3. The summed E-state index contributed by atoms with van der Waals surface area (Å²) in [7, 11) is 0. The number of thiophene rings is 1. The molecule has 122 valence electrons. The van der Waals surface area contributed by atoms with E-state index in [4.69, 9.17) is 0 Å². The van der Waals surface area contributed by atoms with Gasteiger partial charge in [-0.3, -0.25) is 0 Å². The van der Waals surface area contributed by atoms with E-state index < -0.39 is 0 Å². The summed E-state index contributed by atoms with van der Waals surface area (Å²) in [4.78, 5) is 1.53. The molecule has 1 aromatic heterocycles. The molecule has 0 aliphatic carbocycles. The third kappa shape index (κ3) is 9.91. The van der Waals surface area contributed by atoms with E-state index in [9.17, 15) is 0 Å². The van der Waals surface area contributed by atoms with E-state index in [1.165, 1.54) is 80.6 Å². The highest BCUT2D eigenvalue weighted by atomic mass is 32.2. The van der Waals surface area contributed by atoms with Crippen LogP contribution in [0, 0.1) is 0 Å². The molecule has 0 N–H and O–H groups in total. The maximum absolute atomic E-state index is 2.32. The van der Waals surface area contributed by atoms with Gasteiger partial charge in [-0.15, -0.1) is 34.9 Å². The van der Waals surface area contributed by atoms with E-state index in [-0.39, 0.29) is 0 Å². The predicted octanol–water partition coefficient (Wildman–Crippen LogP) is 7.87. The normalized spacial score (nSPS) is 11.1. The number of hydrogen-bond acceptors (Lipinski definition) is 3. The molecule has 0 aliphatic heterocycles. The van der Waals surface area contributed by atoms with Crippen LogP contribution in [0.3, 0.4) is 0 Å². The summed E-state index contributed by atoms with van der Waals surface area (Å²) in [6.45, 7) is 4.57. The van der Waals surface area contributed by atoms with Gasteiger partial charge < -0.3 is 0 Å². The predicted molar refractivity (Wildman–Crippen MR) is 103 cm³/mol. The lowest BCUT2D eigenvalue weighted by Gasteiger charge is -2.04. The van der Waals surface area contributed by atoms with Crippen molar-refractivity contribution < 1.29 is 0 Å². The molecule has 3 heteroatoms. The second kappa shape index (κ2) is 14.0. The van der Waals surface area contributed by atoms with E-state index in [2.05, 4.69) is 48.8 Å². The fraction of sp³-hybridized carbons (Fsp3) is 0.778. The Kier molecular flexibility index (Phi) is 13.0. The average molecular weight is 345 g/mol. The van der Waals surface area contributed by atoms with Gasteiger partial charge in [0.1, 0.15) is 0 Å². The Balaban J connectivity index is 2.08. The summed E-state index contributed by atoms with van der Waals surface area (Å²) in [6, 6.07) is 2.32. The zero-order valence-corrected chi connectivity index (χ0v) is 16.3. The summed E-state index contributed by atoms with van der Waals surface area (Å²) in [5.41, 5.74) is 0. The topological polar surface area (TPSA) is 0 Å². The number of thioether (sulfide) groups is 2. The van der Waals surface area contributed by atoms with Gasteiger partial charge in [0.05, 0.1) is 4.21 Å². The molecule has 0 bridgehead atoms. The number of hydrogen-bond donors (Lipinski definition) is 0. The fourth-order valence-electron chi connectivity index (χ4n) is 2.25. The molecule has 0 saturated carbocycles. The van der Waals surface area contributed by atoms with Gasteiger partial charge in [-0.1, -0.05) is 65.2 Å². The van der Waals surface area contributed by atoms with Crippen LogP contribution in [0.25, 0.3) is 0 Å². The monoisotopic (exact) mass is 344 g/mol. The van der Waals surface area contributed by atoms with Crippen LogP contribution in [0.1, 0.15) is 78.1 Å². The highest BCUT2D eigenvalue weighted by Gasteiger charge is 2.05. The summed E-state index contributed by atoms with van der Waals surface area (Å²) in [5.74, 6) is 2.59. The molecule has 0 saturated heterocycles. The molecule has 21 heavy (non-hydrogen) atoms. The summed E-state index contributed by atoms with van der Waals surface area (Å²) in [5, 5.41) is 2.26. The van der Waals surface area contributed by atoms with Crippen molar-refractivity contribution in [2.75, 3.05) is 11.5 Å². The molecule has 0 unspecified atom stereocenters. The third-order valence-electron chi connectivity index (χ3n) is 3.58. The molecular weight excluding hydrogens is 312 g/mol. The number of rotatable bonds is 14. The van der Waals surface area contributed by atoms with Crippen LogP contribution in [-0.2, 0) is 0 Å². The average Bonchev–Trinajstić information content (AvgIpc) is 2.94. The minimum atomic E-state index is 1.29. The van der Waals surface area contributed by atoms with Crippen molar-refractivity contribution in [1.82, 2.24) is 0 Å². The molecule has 0 radical (unpaired) electrons. The molecule has 0 nitrogen and oxygen atoms in total. The third-order valence-corrected chi connectivity index (χ3v) is 7.31. The first-order valence-corrected chi connectivity index (χ1v) is 11.6. The highest BCUT2D eigenvalue weighted by Crippen LogP contribution is 2.36. The van der Waals surface area contributed by atoms with Crippen molar-refractivity contribution in [2.45, 2.75) is 87.2 Å². The largest absolute Gasteiger partial charge is 0.136 e. The fourth-order valence-corrected chi connectivity index (χ4v) is 5.81. The minimum Gasteiger partial charge on any atom is -0.136 e. The van der Waals surface area contributed by atoms with Crippen molar-refractivity contribution in [1.29, 1.82) is 0 Å². The van der Waals surface area contributed by atoms with Gasteiger partial charge in [0.15, 0.2) is 0 Å². The summed E-state index contributed by atoms with van der Waals surface area (Å²) in [6.07, 6.45) is 13.9. The standard InChI is InChI=1S/C18H32S3/c1-3-5-7-9-10-12-15-20-18-17(13-16-21-18)19-14-11-8-6-4-2/h13,16H,3-12,14-15H2,1-2H3. The van der Waals surface area contributed by atoms with Crippen LogP contribution in [0.5, 0.6) is 0 Å². The summed E-state index contributed by atoms with van der Waals surface area (Å²) < 4.78 is 1.56. The maximum atomic E-state index is 2.32. The lowest BCUT2D eigenvalue weighted by atomic mass is 10.1. The van der Waals surface area contributed by atoms with Gasteiger partial charge >= 0.3 is 0 Å². The van der Waals surface area contributed by atoms with Gasteiger partial charge in [-0.05, 0) is 35.8 Å². The minimum absolute atomic E-state index is 1.29. The molecule has 0 fully saturated rings. The van der Waals surface area contributed by atoms with Crippen LogP contribution in [-0.4, -0.2) is 11.5 Å². The maximum Gasteiger partial charge on any atom is 0.0734 e. The molecule has 1 heterocycles. The van der Waals surface area contributed by atoms with E-state index in [1.54, 1.807) is 4.21 Å². The first-order valence-electron chi connectivity index (χ1n) is 8.71. The van der Waals surface area contributed by atoms with Crippen molar-refractivity contribution >= 4 is 34.9 Å². The smallest absolute Gasteiger partial charge is 0.0734 e. The number of unbranched alkanes of at least 4 members (excludes halogenated alkanes) is 8. The Hall–Kier alpha value is 0.400. The lowest BCUT2D eigenvalue weighted by Crippen LogP contribution is -1.83. The van der Waals surface area contributed by atoms with Crippen molar-refractivity contribution in [3.63, 3.8) is 0 Å². The van der Waals surface area contributed by atoms with E-state index in [1.807, 2.05) is 11.3 Å². The lowest BCUT2D eigenvalue weighted by molar-refractivity contribution is 0.627. The quantitative estimate of drug-likeness (QED) is 0.249. The van der Waals surface area contributed by atoms with Crippen LogP contribution in [0.15, 0.2) is 20.6 Å². The van der Waals surface area contributed by atoms with Crippen LogP contribution < -0.4 is 0 Å². The van der Waals surface area contributed by atoms with Gasteiger partial charge in [0.25, 0.3) is 0 Å². The zero-order chi connectivity index (χ0) is 15.2. The molecule has 0 atom stereocenters. The molecule has 0 spiro atoms. The summed E-state index contributed by atoms with van der Waals surface area (Å²) >= 11 is 6.08. The highest BCUT2D eigenvalue weighted by molar-refractivity contribution is 8.03. The van der Waals surface area contributed by atoms with Crippen LogP contribution in [0.2, 0.25) is 0 Å². The molecule has 1 rings (SSSR count).